The van der Waals surface area contributed by atoms with Gasteiger partial charge in [-0.2, -0.15) is 0 Å². The average Bonchev–Trinajstić information content (AvgIpc) is 3.20. The normalized spacial score (nSPS) is 12.1. The van der Waals surface area contributed by atoms with Gasteiger partial charge in [-0.05, 0) is 37.0 Å². The van der Waals surface area contributed by atoms with Gasteiger partial charge in [0, 0.05) is 16.6 Å². The number of nitrogens with zero attached hydrogens (tertiary/aromatic N) is 1. The number of hydrogen-bond acceptors (Lipinski definition) is 5. The zero-order valence-corrected chi connectivity index (χ0v) is 19.2. The van der Waals surface area contributed by atoms with Crippen molar-refractivity contribution in [2.45, 2.75) is 37.6 Å². The predicted octanol–water partition coefficient (Wildman–Crippen LogP) is 5.64. The van der Waals surface area contributed by atoms with E-state index in [0.29, 0.717) is 15.4 Å². The lowest BCUT2D eigenvalue weighted by atomic mass is 10.1. The summed E-state index contributed by atoms with van der Waals surface area (Å²) in [7, 11) is 0. The highest BCUT2D eigenvalue weighted by Crippen LogP contribution is 2.32. The fourth-order valence-electron chi connectivity index (χ4n) is 3.46. The smallest absolute Gasteiger partial charge is 0.260 e. The van der Waals surface area contributed by atoms with Gasteiger partial charge in [0.25, 0.3) is 5.56 Å². The largest absolute Gasteiger partial charge is 0.325 e. The van der Waals surface area contributed by atoms with Crippen LogP contribution in [-0.4, -0.2) is 21.1 Å². The average molecular weight is 450 g/mol. The van der Waals surface area contributed by atoms with Crippen LogP contribution >= 0.6 is 23.1 Å². The van der Waals surface area contributed by atoms with Crippen LogP contribution in [0.3, 0.4) is 0 Å². The van der Waals surface area contributed by atoms with Crippen molar-refractivity contribution in [3.8, 4) is 11.1 Å². The summed E-state index contributed by atoms with van der Waals surface area (Å²) in [5, 5.41) is 5.62. The summed E-state index contributed by atoms with van der Waals surface area (Å²) in [5.74, 6) is -0.118. The van der Waals surface area contributed by atoms with E-state index in [2.05, 4.69) is 22.2 Å². The molecule has 158 valence electrons. The van der Waals surface area contributed by atoms with Crippen molar-refractivity contribution in [1.29, 1.82) is 0 Å². The number of carbonyl (C=O) groups is 1. The zero-order valence-electron chi connectivity index (χ0n) is 17.6. The van der Waals surface area contributed by atoms with E-state index in [-0.39, 0.29) is 11.5 Å². The number of H-pyrrole nitrogens is 1. The molecule has 0 aliphatic heterocycles. The minimum atomic E-state index is -0.418. The molecule has 0 saturated carbocycles. The molecule has 0 radical (unpaired) electrons. The number of anilines is 1. The molecule has 0 spiro atoms. The summed E-state index contributed by atoms with van der Waals surface area (Å²) >= 11 is 2.69. The van der Waals surface area contributed by atoms with E-state index in [1.54, 1.807) is 0 Å². The quantitative estimate of drug-likeness (QED) is 0.295. The van der Waals surface area contributed by atoms with Gasteiger partial charge < -0.3 is 10.3 Å². The van der Waals surface area contributed by atoms with Gasteiger partial charge in [0.05, 0.1) is 10.6 Å². The molecule has 1 atom stereocenters. The van der Waals surface area contributed by atoms with Gasteiger partial charge in [-0.15, -0.1) is 11.3 Å². The Kier molecular flexibility index (Phi) is 6.25. The first-order valence-electron chi connectivity index (χ1n) is 10.1. The maximum atomic E-state index is 12.8. The van der Waals surface area contributed by atoms with Crippen molar-refractivity contribution in [1.82, 2.24) is 9.97 Å². The number of aromatic amines is 1. The number of fused-ring (bicyclic) bond motifs is 1. The molecule has 4 aromatic rings. The third-order valence-electron chi connectivity index (χ3n) is 5.15. The van der Waals surface area contributed by atoms with Crippen LogP contribution in [0, 0.1) is 6.92 Å². The molecule has 2 N–H and O–H groups in total. The Balaban J connectivity index is 1.56. The van der Waals surface area contributed by atoms with Crippen molar-refractivity contribution < 1.29 is 4.79 Å². The molecule has 2 aromatic carbocycles. The fraction of sp³-hybridized carbons (Fsp3) is 0.208. The lowest BCUT2D eigenvalue weighted by molar-refractivity contribution is -0.115. The molecule has 0 aliphatic carbocycles. The van der Waals surface area contributed by atoms with Crippen LogP contribution in [0.25, 0.3) is 21.3 Å². The van der Waals surface area contributed by atoms with Gasteiger partial charge >= 0.3 is 0 Å². The molecule has 1 amide bonds. The number of thiophene rings is 1. The van der Waals surface area contributed by atoms with E-state index in [1.807, 2.05) is 67.8 Å². The first-order valence-corrected chi connectivity index (χ1v) is 11.9. The number of para-hydroxylation sites is 1. The number of hydrogen-bond donors (Lipinski definition) is 2. The van der Waals surface area contributed by atoms with Gasteiger partial charge in [0.2, 0.25) is 5.91 Å². The standard InChI is InChI=1S/C24H23N3O2S2/c1-4-16-12-8-9-14(2)20(16)25-21(28)15(3)31-24-26-22(29)19-18(13-30-23(19)27-24)17-10-6-5-7-11-17/h5-13,15H,4H2,1-3H3,(H,25,28)(H,26,27,29). The van der Waals surface area contributed by atoms with Gasteiger partial charge in [0.1, 0.15) is 4.83 Å². The SMILES string of the molecule is CCc1cccc(C)c1NC(=O)C(C)Sc1nc2scc(-c3ccccc3)c2c(=O)[nH]1. The fourth-order valence-corrected chi connectivity index (χ4v) is 5.27. The number of benzene rings is 2. The summed E-state index contributed by atoms with van der Waals surface area (Å²) in [6.07, 6.45) is 0.840. The van der Waals surface area contributed by atoms with Crippen molar-refractivity contribution >= 4 is 44.9 Å². The van der Waals surface area contributed by atoms with E-state index >= 15 is 0 Å². The molecule has 0 saturated heterocycles. The van der Waals surface area contributed by atoms with Crippen molar-refractivity contribution in [3.63, 3.8) is 0 Å². The first kappa shape index (κ1) is 21.3. The van der Waals surface area contributed by atoms with Gasteiger partial charge in [0.15, 0.2) is 5.16 Å². The summed E-state index contributed by atoms with van der Waals surface area (Å²) in [6, 6.07) is 15.8. The second-order valence-corrected chi connectivity index (χ2v) is 9.47. The highest BCUT2D eigenvalue weighted by Gasteiger charge is 2.20. The minimum absolute atomic E-state index is 0.118. The molecule has 0 aliphatic rings. The summed E-state index contributed by atoms with van der Waals surface area (Å²) in [6.45, 7) is 5.87. The molecule has 0 bridgehead atoms. The van der Waals surface area contributed by atoms with Crippen LogP contribution in [0.2, 0.25) is 0 Å². The van der Waals surface area contributed by atoms with E-state index in [4.69, 9.17) is 0 Å². The Morgan fingerprint density at radius 3 is 2.71 bits per heavy atom. The molecule has 1 unspecified atom stereocenters. The van der Waals surface area contributed by atoms with Crippen molar-refractivity contribution in [2.24, 2.45) is 0 Å². The number of carbonyl (C=O) groups excluding carboxylic acids is 1. The predicted molar refractivity (Wildman–Crippen MR) is 130 cm³/mol. The molecule has 2 aromatic heterocycles. The van der Waals surface area contributed by atoms with Gasteiger partial charge in [-0.1, -0.05) is 67.2 Å². The molecule has 31 heavy (non-hydrogen) atoms. The van der Waals surface area contributed by atoms with E-state index < -0.39 is 5.25 Å². The lowest BCUT2D eigenvalue weighted by Crippen LogP contribution is -2.24. The number of thioether (sulfide) groups is 1. The number of amides is 1. The van der Waals surface area contributed by atoms with Crippen molar-refractivity contribution in [2.75, 3.05) is 5.32 Å². The van der Waals surface area contributed by atoms with Gasteiger partial charge in [-0.3, -0.25) is 9.59 Å². The lowest BCUT2D eigenvalue weighted by Gasteiger charge is -2.16. The molecule has 2 heterocycles. The molecule has 4 rings (SSSR count). The van der Waals surface area contributed by atoms with E-state index in [0.717, 1.165) is 34.4 Å². The summed E-state index contributed by atoms with van der Waals surface area (Å²) in [4.78, 5) is 33.8. The molecule has 5 nitrogen and oxygen atoms in total. The summed E-state index contributed by atoms with van der Waals surface area (Å²) < 4.78 is 0. The van der Waals surface area contributed by atoms with Crippen LogP contribution in [0.15, 0.2) is 63.9 Å². The van der Waals surface area contributed by atoms with E-state index in [9.17, 15) is 9.59 Å². The topological polar surface area (TPSA) is 74.8 Å². The van der Waals surface area contributed by atoms with Crippen LogP contribution in [0.1, 0.15) is 25.0 Å². The number of nitrogens with one attached hydrogen (secondary N) is 2. The Hall–Kier alpha value is -2.90. The van der Waals surface area contributed by atoms with Crippen LogP contribution < -0.4 is 10.9 Å². The molecular formula is C24H23N3O2S2. The minimum Gasteiger partial charge on any atom is -0.325 e. The molecule has 0 fully saturated rings. The van der Waals surface area contributed by atoms with Crippen molar-refractivity contribution in [3.05, 3.63) is 75.4 Å². The summed E-state index contributed by atoms with van der Waals surface area (Å²) in [5.41, 5.74) is 4.68. The van der Waals surface area contributed by atoms with Crippen LogP contribution in [-0.2, 0) is 11.2 Å². The second-order valence-electron chi connectivity index (χ2n) is 7.28. The number of aromatic nitrogens is 2. The Morgan fingerprint density at radius 2 is 1.97 bits per heavy atom. The Morgan fingerprint density at radius 1 is 1.19 bits per heavy atom. The second kappa shape index (κ2) is 9.08. The third kappa shape index (κ3) is 4.43. The highest BCUT2D eigenvalue weighted by atomic mass is 32.2. The van der Waals surface area contributed by atoms with Gasteiger partial charge in [-0.25, -0.2) is 4.98 Å². The van der Waals surface area contributed by atoms with Crippen LogP contribution in [0.4, 0.5) is 5.69 Å². The number of aryl methyl sites for hydroxylation is 2. The first-order chi connectivity index (χ1) is 15.0. The van der Waals surface area contributed by atoms with Crippen LogP contribution in [0.5, 0.6) is 0 Å². The Labute approximate surface area is 188 Å². The molecular weight excluding hydrogens is 426 g/mol. The maximum Gasteiger partial charge on any atom is 0.260 e. The maximum absolute atomic E-state index is 12.8. The highest BCUT2D eigenvalue weighted by molar-refractivity contribution is 8.00. The third-order valence-corrected chi connectivity index (χ3v) is 7.01. The number of rotatable bonds is 6. The monoisotopic (exact) mass is 449 g/mol. The zero-order chi connectivity index (χ0) is 22.0. The Bertz CT molecular complexity index is 1300. The van der Waals surface area contributed by atoms with E-state index in [1.165, 1.54) is 23.1 Å². The molecule has 7 heteroatoms.